The number of rotatable bonds is 6. The van der Waals surface area contributed by atoms with Gasteiger partial charge in [0.1, 0.15) is 5.82 Å². The highest BCUT2D eigenvalue weighted by Gasteiger charge is 2.18. The molecule has 188 valence electrons. The predicted octanol–water partition coefficient (Wildman–Crippen LogP) is 5.54. The number of amides is 1. The van der Waals surface area contributed by atoms with Crippen LogP contribution < -0.4 is 10.2 Å². The van der Waals surface area contributed by atoms with Gasteiger partial charge in [0.25, 0.3) is 0 Å². The highest BCUT2D eigenvalue weighted by atomic mass is 16.1. The average molecular weight is 495 g/mol. The van der Waals surface area contributed by atoms with E-state index in [2.05, 4.69) is 47.5 Å². The number of aromatic amines is 2. The number of carbonyl (C=O) groups is 1. The Hall–Kier alpha value is -4.27. The summed E-state index contributed by atoms with van der Waals surface area (Å²) in [7, 11) is 0. The zero-order valence-corrected chi connectivity index (χ0v) is 21.1. The van der Waals surface area contributed by atoms with Crippen LogP contribution in [0.4, 0.5) is 11.5 Å². The average Bonchev–Trinajstić information content (AvgIpc) is 3.52. The molecule has 1 fully saturated rings. The van der Waals surface area contributed by atoms with E-state index < -0.39 is 0 Å². The van der Waals surface area contributed by atoms with Crippen molar-refractivity contribution in [3.05, 3.63) is 49.1 Å². The van der Waals surface area contributed by atoms with Crippen LogP contribution in [0.2, 0.25) is 0 Å². The number of aromatic nitrogens is 6. The van der Waals surface area contributed by atoms with Crippen LogP contribution in [0.25, 0.3) is 44.5 Å². The molecular formula is C28H30N8O. The van der Waals surface area contributed by atoms with E-state index in [0.717, 1.165) is 57.7 Å². The van der Waals surface area contributed by atoms with Crippen LogP contribution in [-0.4, -0.2) is 49.1 Å². The number of carbonyl (C=O) groups excluding carboxylic acids is 1. The fourth-order valence-electron chi connectivity index (χ4n) is 5.04. The minimum atomic E-state index is -0.0168. The van der Waals surface area contributed by atoms with Gasteiger partial charge in [-0.15, -0.1) is 0 Å². The van der Waals surface area contributed by atoms with Crippen molar-refractivity contribution in [3.8, 4) is 22.5 Å². The Morgan fingerprint density at radius 2 is 1.86 bits per heavy atom. The Bertz CT molecular complexity index is 1580. The number of nitrogens with zero attached hydrogens (tertiary/aromatic N) is 5. The number of hydrogen-bond acceptors (Lipinski definition) is 6. The molecule has 0 aliphatic carbocycles. The van der Waals surface area contributed by atoms with Crippen LogP contribution in [0.3, 0.4) is 0 Å². The molecule has 9 nitrogen and oxygen atoms in total. The third-order valence-electron chi connectivity index (χ3n) is 6.81. The molecule has 1 aliphatic rings. The maximum Gasteiger partial charge on any atom is 0.224 e. The van der Waals surface area contributed by atoms with Gasteiger partial charge in [0.2, 0.25) is 5.91 Å². The third-order valence-corrected chi connectivity index (χ3v) is 6.81. The molecule has 5 aromatic rings. The lowest BCUT2D eigenvalue weighted by Gasteiger charge is -2.28. The fraction of sp³-hybridized carbons (Fsp3) is 0.321. The number of anilines is 2. The van der Waals surface area contributed by atoms with Crippen LogP contribution >= 0.6 is 0 Å². The van der Waals surface area contributed by atoms with Crippen LogP contribution in [-0.2, 0) is 4.79 Å². The quantitative estimate of drug-likeness (QED) is 0.286. The van der Waals surface area contributed by atoms with E-state index in [0.29, 0.717) is 23.7 Å². The predicted molar refractivity (Wildman–Crippen MR) is 146 cm³/mol. The minimum Gasteiger partial charge on any atom is -0.356 e. The van der Waals surface area contributed by atoms with E-state index in [1.54, 1.807) is 18.6 Å². The van der Waals surface area contributed by atoms with Crippen molar-refractivity contribution in [2.24, 2.45) is 5.92 Å². The second-order valence-corrected chi connectivity index (χ2v) is 10.1. The van der Waals surface area contributed by atoms with Gasteiger partial charge in [0.05, 0.1) is 28.8 Å². The fourth-order valence-corrected chi connectivity index (χ4v) is 5.04. The first-order valence-corrected chi connectivity index (χ1v) is 12.9. The van der Waals surface area contributed by atoms with Crippen LogP contribution in [0, 0.1) is 5.92 Å². The number of fused-ring (bicyclic) bond motifs is 2. The summed E-state index contributed by atoms with van der Waals surface area (Å²) in [6.07, 6.45) is 11.2. The highest BCUT2D eigenvalue weighted by Crippen LogP contribution is 2.34. The molecule has 0 bridgehead atoms. The number of H-pyrrole nitrogens is 2. The Morgan fingerprint density at radius 3 is 2.70 bits per heavy atom. The van der Waals surface area contributed by atoms with Crippen LogP contribution in [0.1, 0.15) is 39.5 Å². The summed E-state index contributed by atoms with van der Waals surface area (Å²) < 4.78 is 0. The molecule has 1 saturated heterocycles. The van der Waals surface area contributed by atoms with Crippen molar-refractivity contribution in [2.75, 3.05) is 23.3 Å². The maximum absolute atomic E-state index is 12.2. The van der Waals surface area contributed by atoms with Crippen LogP contribution in [0.15, 0.2) is 49.1 Å². The van der Waals surface area contributed by atoms with Gasteiger partial charge in [0.15, 0.2) is 5.65 Å². The molecule has 1 aliphatic heterocycles. The van der Waals surface area contributed by atoms with Gasteiger partial charge < -0.3 is 15.2 Å². The molecule has 9 heteroatoms. The first-order chi connectivity index (χ1) is 18.0. The normalized spacial score (nSPS) is 14.1. The number of nitrogens with one attached hydrogen (secondary N) is 3. The molecule has 6 heterocycles. The molecular weight excluding hydrogens is 464 g/mol. The summed E-state index contributed by atoms with van der Waals surface area (Å²) >= 11 is 0. The van der Waals surface area contributed by atoms with Crippen molar-refractivity contribution in [1.82, 2.24) is 30.1 Å². The van der Waals surface area contributed by atoms with E-state index in [1.165, 1.54) is 19.3 Å². The van der Waals surface area contributed by atoms with E-state index in [9.17, 15) is 4.79 Å². The second-order valence-electron chi connectivity index (χ2n) is 10.1. The van der Waals surface area contributed by atoms with Gasteiger partial charge in [-0.2, -0.15) is 5.10 Å². The first kappa shape index (κ1) is 23.1. The minimum absolute atomic E-state index is 0.0168. The summed E-state index contributed by atoms with van der Waals surface area (Å²) in [5, 5.41) is 12.6. The largest absolute Gasteiger partial charge is 0.356 e. The Morgan fingerprint density at radius 1 is 1.03 bits per heavy atom. The van der Waals surface area contributed by atoms with Crippen molar-refractivity contribution >= 4 is 39.3 Å². The van der Waals surface area contributed by atoms with Gasteiger partial charge in [0, 0.05) is 60.0 Å². The number of hydrogen-bond donors (Lipinski definition) is 3. The Labute approximate surface area is 214 Å². The summed E-state index contributed by atoms with van der Waals surface area (Å²) in [6, 6.07) is 8.15. The van der Waals surface area contributed by atoms with Crippen LogP contribution in [0.5, 0.6) is 0 Å². The van der Waals surface area contributed by atoms with E-state index in [1.807, 2.05) is 32.2 Å². The molecule has 0 spiro atoms. The highest BCUT2D eigenvalue weighted by molar-refractivity contribution is 5.99. The lowest BCUT2D eigenvalue weighted by Crippen LogP contribution is -2.30. The molecule has 0 unspecified atom stereocenters. The van der Waals surface area contributed by atoms with E-state index >= 15 is 0 Å². The SMILES string of the molecule is CC(C)CC(=O)Nc1cncc(-c2cnc3n[nH]c(-c4cc5c(N6CCCCC6)nccc5[nH]4)c3c2)c1. The zero-order valence-electron chi connectivity index (χ0n) is 21.1. The lowest BCUT2D eigenvalue weighted by atomic mass is 10.1. The Balaban J connectivity index is 1.35. The van der Waals surface area contributed by atoms with Gasteiger partial charge in [-0.3, -0.25) is 14.9 Å². The smallest absolute Gasteiger partial charge is 0.224 e. The van der Waals surface area contributed by atoms with E-state index in [-0.39, 0.29) is 5.91 Å². The van der Waals surface area contributed by atoms with Crippen molar-refractivity contribution < 1.29 is 4.79 Å². The van der Waals surface area contributed by atoms with E-state index in [4.69, 9.17) is 4.98 Å². The molecule has 0 saturated carbocycles. The third kappa shape index (κ3) is 4.64. The zero-order chi connectivity index (χ0) is 25.4. The lowest BCUT2D eigenvalue weighted by molar-refractivity contribution is -0.116. The molecule has 0 aromatic carbocycles. The number of pyridine rings is 3. The monoisotopic (exact) mass is 494 g/mol. The van der Waals surface area contributed by atoms with Crippen molar-refractivity contribution in [2.45, 2.75) is 39.5 Å². The summed E-state index contributed by atoms with van der Waals surface area (Å²) in [5.41, 5.74) is 5.94. The second kappa shape index (κ2) is 9.65. The molecule has 3 N–H and O–H groups in total. The summed E-state index contributed by atoms with van der Waals surface area (Å²) in [4.78, 5) is 31.8. The molecule has 0 atom stereocenters. The summed E-state index contributed by atoms with van der Waals surface area (Å²) in [5.74, 6) is 1.31. The maximum atomic E-state index is 12.2. The van der Waals surface area contributed by atoms with Crippen molar-refractivity contribution in [1.29, 1.82) is 0 Å². The van der Waals surface area contributed by atoms with Gasteiger partial charge in [-0.05, 0) is 49.4 Å². The molecule has 0 radical (unpaired) electrons. The first-order valence-electron chi connectivity index (χ1n) is 12.9. The van der Waals surface area contributed by atoms with Gasteiger partial charge in [-0.1, -0.05) is 13.8 Å². The molecule has 37 heavy (non-hydrogen) atoms. The number of piperidine rings is 1. The molecule has 1 amide bonds. The topological polar surface area (TPSA) is 115 Å². The van der Waals surface area contributed by atoms with Gasteiger partial charge >= 0.3 is 0 Å². The Kier molecular flexibility index (Phi) is 6.04. The van der Waals surface area contributed by atoms with Crippen molar-refractivity contribution in [3.63, 3.8) is 0 Å². The van der Waals surface area contributed by atoms with Gasteiger partial charge in [-0.25, -0.2) is 9.97 Å². The standard InChI is InChI=1S/C28H30N8O/c1-17(2)10-25(37)32-20-11-18(14-29-16-20)19-12-22-26(34-35-27(22)31-15-19)24-13-21-23(33-24)6-7-30-28(21)36-8-4-3-5-9-36/h6-7,11-17,33H,3-5,8-10H2,1-2H3,(H,32,37)(H,31,34,35). The molecule has 5 aromatic heterocycles. The summed E-state index contributed by atoms with van der Waals surface area (Å²) in [6.45, 7) is 6.13. The molecule has 6 rings (SSSR count).